The average Bonchev–Trinajstić information content (AvgIpc) is 2.51. The molecular formula is C16H20BrN3O. The Morgan fingerprint density at radius 3 is 2.90 bits per heavy atom. The van der Waals surface area contributed by atoms with E-state index in [-0.39, 0.29) is 5.56 Å². The van der Waals surface area contributed by atoms with Crippen LogP contribution in [0.3, 0.4) is 0 Å². The molecule has 0 spiro atoms. The molecule has 1 aromatic heterocycles. The van der Waals surface area contributed by atoms with Gasteiger partial charge in [0.1, 0.15) is 0 Å². The summed E-state index contributed by atoms with van der Waals surface area (Å²) in [6.07, 6.45) is 8.18. The molecule has 0 aliphatic heterocycles. The lowest BCUT2D eigenvalue weighted by atomic mass is 9.95. The first kappa shape index (κ1) is 14.7. The van der Waals surface area contributed by atoms with E-state index < -0.39 is 0 Å². The number of hydrogen-bond donors (Lipinski definition) is 1. The van der Waals surface area contributed by atoms with Crippen LogP contribution in [-0.4, -0.2) is 22.1 Å². The Balaban J connectivity index is 1.69. The summed E-state index contributed by atoms with van der Waals surface area (Å²) >= 11 is 3.41. The Hall–Kier alpha value is -1.20. The first-order valence-electron chi connectivity index (χ1n) is 7.62. The summed E-state index contributed by atoms with van der Waals surface area (Å²) in [5, 5.41) is 4.23. The Bertz CT molecular complexity index is 677. The van der Waals surface area contributed by atoms with Crippen molar-refractivity contribution in [2.24, 2.45) is 0 Å². The van der Waals surface area contributed by atoms with E-state index in [4.69, 9.17) is 0 Å². The van der Waals surface area contributed by atoms with Crippen LogP contribution in [0.5, 0.6) is 0 Å². The van der Waals surface area contributed by atoms with Crippen molar-refractivity contribution >= 4 is 26.8 Å². The lowest BCUT2D eigenvalue weighted by Crippen LogP contribution is -2.35. The zero-order valence-electron chi connectivity index (χ0n) is 12.0. The van der Waals surface area contributed by atoms with Crippen molar-refractivity contribution in [2.75, 3.05) is 6.54 Å². The predicted octanol–water partition coefficient (Wildman–Crippen LogP) is 3.08. The quantitative estimate of drug-likeness (QED) is 0.922. The molecule has 0 bridgehead atoms. The third-order valence-corrected chi connectivity index (χ3v) is 4.67. The Labute approximate surface area is 132 Å². The van der Waals surface area contributed by atoms with Gasteiger partial charge in [-0.1, -0.05) is 35.2 Å². The van der Waals surface area contributed by atoms with Gasteiger partial charge in [0.15, 0.2) is 0 Å². The monoisotopic (exact) mass is 349 g/mol. The number of halogens is 1. The molecule has 1 aliphatic carbocycles. The summed E-state index contributed by atoms with van der Waals surface area (Å²) in [6, 6.07) is 6.24. The normalized spacial score (nSPS) is 16.4. The molecule has 1 N–H and O–H groups in total. The number of benzene rings is 1. The van der Waals surface area contributed by atoms with Crippen LogP contribution in [0.4, 0.5) is 0 Å². The smallest absolute Gasteiger partial charge is 0.261 e. The zero-order valence-corrected chi connectivity index (χ0v) is 13.6. The maximum absolute atomic E-state index is 12.4. The lowest BCUT2D eigenvalue weighted by molar-refractivity contribution is 0.367. The Kier molecular flexibility index (Phi) is 4.70. The molecule has 0 saturated heterocycles. The highest BCUT2D eigenvalue weighted by atomic mass is 79.9. The van der Waals surface area contributed by atoms with Crippen LogP contribution in [-0.2, 0) is 6.54 Å². The summed E-state index contributed by atoms with van der Waals surface area (Å²) in [7, 11) is 0. The maximum Gasteiger partial charge on any atom is 0.261 e. The van der Waals surface area contributed by atoms with E-state index in [0.29, 0.717) is 18.0 Å². The number of hydrogen-bond acceptors (Lipinski definition) is 3. The van der Waals surface area contributed by atoms with Crippen molar-refractivity contribution in [1.29, 1.82) is 0 Å². The molecule has 1 aliphatic rings. The van der Waals surface area contributed by atoms with Gasteiger partial charge in [-0.25, -0.2) is 4.98 Å². The molecule has 5 heteroatoms. The van der Waals surface area contributed by atoms with Crippen molar-refractivity contribution in [3.8, 4) is 0 Å². The van der Waals surface area contributed by atoms with Crippen molar-refractivity contribution < 1.29 is 0 Å². The summed E-state index contributed by atoms with van der Waals surface area (Å²) in [6.45, 7) is 1.50. The fourth-order valence-corrected chi connectivity index (χ4v) is 3.35. The Morgan fingerprint density at radius 2 is 2.10 bits per heavy atom. The van der Waals surface area contributed by atoms with Crippen LogP contribution in [0.15, 0.2) is 33.8 Å². The van der Waals surface area contributed by atoms with Crippen LogP contribution in [0.25, 0.3) is 10.9 Å². The minimum atomic E-state index is 0.0340. The fraction of sp³-hybridized carbons (Fsp3) is 0.500. The molecule has 2 aromatic rings. The second kappa shape index (κ2) is 6.71. The van der Waals surface area contributed by atoms with Crippen LogP contribution in [0.1, 0.15) is 32.1 Å². The van der Waals surface area contributed by atoms with Crippen molar-refractivity contribution in [1.82, 2.24) is 14.9 Å². The van der Waals surface area contributed by atoms with Gasteiger partial charge < -0.3 is 5.32 Å². The Morgan fingerprint density at radius 1 is 1.29 bits per heavy atom. The number of fused-ring (bicyclic) bond motifs is 1. The number of nitrogens with one attached hydrogen (secondary N) is 1. The van der Waals surface area contributed by atoms with E-state index >= 15 is 0 Å². The predicted molar refractivity (Wildman–Crippen MR) is 88.6 cm³/mol. The topological polar surface area (TPSA) is 46.9 Å². The standard InChI is InChI=1S/C16H20BrN3O/c17-12-6-7-15-14(10-12)16(21)20(11-19-15)9-8-18-13-4-2-1-3-5-13/h6-7,10-11,13,18H,1-5,8-9H2. The van der Waals surface area contributed by atoms with Gasteiger partial charge in [-0.2, -0.15) is 0 Å². The SMILES string of the molecule is O=c1c2cc(Br)ccc2ncn1CCNC1CCCCC1. The average molecular weight is 350 g/mol. The molecule has 3 rings (SSSR count). The van der Waals surface area contributed by atoms with E-state index in [2.05, 4.69) is 26.2 Å². The van der Waals surface area contributed by atoms with Gasteiger partial charge in [0.05, 0.1) is 17.2 Å². The van der Waals surface area contributed by atoms with Crippen LogP contribution in [0.2, 0.25) is 0 Å². The summed E-state index contributed by atoms with van der Waals surface area (Å²) in [5.41, 5.74) is 0.784. The molecule has 1 heterocycles. The molecule has 4 nitrogen and oxygen atoms in total. The molecule has 0 atom stereocenters. The molecule has 112 valence electrons. The van der Waals surface area contributed by atoms with Gasteiger partial charge in [-0.15, -0.1) is 0 Å². The molecule has 0 radical (unpaired) electrons. The fourth-order valence-electron chi connectivity index (χ4n) is 2.99. The van der Waals surface area contributed by atoms with E-state index in [1.54, 1.807) is 10.9 Å². The largest absolute Gasteiger partial charge is 0.312 e. The first-order valence-corrected chi connectivity index (χ1v) is 8.41. The molecule has 1 aromatic carbocycles. The van der Waals surface area contributed by atoms with Crippen LogP contribution >= 0.6 is 15.9 Å². The molecule has 0 amide bonds. The van der Waals surface area contributed by atoms with Crippen LogP contribution in [0, 0.1) is 0 Å². The number of aromatic nitrogens is 2. The highest BCUT2D eigenvalue weighted by Gasteiger charge is 2.12. The van der Waals surface area contributed by atoms with Gasteiger partial charge >= 0.3 is 0 Å². The molecule has 1 saturated carbocycles. The second-order valence-electron chi connectivity index (χ2n) is 5.69. The summed E-state index contributed by atoms with van der Waals surface area (Å²) in [4.78, 5) is 16.8. The van der Waals surface area contributed by atoms with Gasteiger partial charge in [0, 0.05) is 23.6 Å². The third kappa shape index (κ3) is 3.52. The summed E-state index contributed by atoms with van der Waals surface area (Å²) in [5.74, 6) is 0. The molecule has 21 heavy (non-hydrogen) atoms. The minimum Gasteiger partial charge on any atom is -0.312 e. The lowest BCUT2D eigenvalue weighted by Gasteiger charge is -2.22. The highest BCUT2D eigenvalue weighted by Crippen LogP contribution is 2.17. The minimum absolute atomic E-state index is 0.0340. The van der Waals surface area contributed by atoms with Crippen molar-refractivity contribution in [2.45, 2.75) is 44.7 Å². The van der Waals surface area contributed by atoms with Gasteiger partial charge in [0.25, 0.3) is 5.56 Å². The van der Waals surface area contributed by atoms with Crippen molar-refractivity contribution in [3.63, 3.8) is 0 Å². The first-order chi connectivity index (χ1) is 10.2. The van der Waals surface area contributed by atoms with E-state index in [1.165, 1.54) is 32.1 Å². The molecule has 0 unspecified atom stereocenters. The number of rotatable bonds is 4. The maximum atomic E-state index is 12.4. The van der Waals surface area contributed by atoms with Gasteiger partial charge in [-0.3, -0.25) is 9.36 Å². The summed E-state index contributed by atoms with van der Waals surface area (Å²) < 4.78 is 2.61. The molecule has 1 fully saturated rings. The number of nitrogens with zero attached hydrogens (tertiary/aromatic N) is 2. The van der Waals surface area contributed by atoms with Gasteiger partial charge in [0.2, 0.25) is 0 Å². The van der Waals surface area contributed by atoms with E-state index in [9.17, 15) is 4.79 Å². The van der Waals surface area contributed by atoms with E-state index in [0.717, 1.165) is 16.5 Å². The van der Waals surface area contributed by atoms with Crippen LogP contribution < -0.4 is 10.9 Å². The zero-order chi connectivity index (χ0) is 14.7. The second-order valence-corrected chi connectivity index (χ2v) is 6.61. The highest BCUT2D eigenvalue weighted by molar-refractivity contribution is 9.10. The van der Waals surface area contributed by atoms with Gasteiger partial charge in [-0.05, 0) is 31.0 Å². The van der Waals surface area contributed by atoms with E-state index in [1.807, 2.05) is 18.2 Å². The molecular weight excluding hydrogens is 330 g/mol. The van der Waals surface area contributed by atoms with Crippen molar-refractivity contribution in [3.05, 3.63) is 39.4 Å². The third-order valence-electron chi connectivity index (χ3n) is 4.18.